The minimum Gasteiger partial charge on any atom is -0.452 e. The largest absolute Gasteiger partial charge is 0.452 e. The van der Waals surface area contributed by atoms with E-state index in [2.05, 4.69) is 23.2 Å². The fourth-order valence-corrected chi connectivity index (χ4v) is 5.96. The molecule has 0 bridgehead atoms. The van der Waals surface area contributed by atoms with Gasteiger partial charge in [-0.05, 0) is 68.0 Å². The van der Waals surface area contributed by atoms with Gasteiger partial charge < -0.3 is 9.30 Å². The highest BCUT2D eigenvalue weighted by atomic mass is 16.5. The second-order valence-electron chi connectivity index (χ2n) is 10.7. The van der Waals surface area contributed by atoms with Crippen LogP contribution in [0.5, 0.6) is 0 Å². The number of nitrogens with zero attached hydrogens (tertiary/aromatic N) is 4. The van der Waals surface area contributed by atoms with Crippen LogP contribution in [0.1, 0.15) is 59.4 Å². The van der Waals surface area contributed by atoms with Gasteiger partial charge in [-0.15, -0.1) is 0 Å². The van der Waals surface area contributed by atoms with Gasteiger partial charge in [0.2, 0.25) is 5.43 Å². The molecule has 0 spiro atoms. The lowest BCUT2D eigenvalue weighted by Crippen LogP contribution is -2.35. The molecule has 212 valence electrons. The van der Waals surface area contributed by atoms with Gasteiger partial charge in [-0.1, -0.05) is 60.7 Å². The summed E-state index contributed by atoms with van der Waals surface area (Å²) in [6.45, 7) is 3.73. The molecule has 0 N–H and O–H groups in total. The van der Waals surface area contributed by atoms with Gasteiger partial charge in [-0.25, -0.2) is 14.8 Å². The summed E-state index contributed by atoms with van der Waals surface area (Å²) >= 11 is 0. The summed E-state index contributed by atoms with van der Waals surface area (Å²) in [4.78, 5) is 44.4. The molecular formula is C34H32N4O4. The second kappa shape index (κ2) is 11.6. The molecular weight excluding hydrogens is 528 g/mol. The zero-order chi connectivity index (χ0) is 29.2. The van der Waals surface area contributed by atoms with Crippen LogP contribution in [0.4, 0.5) is 0 Å². The molecule has 2 atom stereocenters. The van der Waals surface area contributed by atoms with E-state index in [1.54, 1.807) is 16.7 Å². The summed E-state index contributed by atoms with van der Waals surface area (Å²) in [5.74, 6) is -1.25. The van der Waals surface area contributed by atoms with Crippen molar-refractivity contribution >= 4 is 34.7 Å². The molecule has 2 aromatic carbocycles. The Labute approximate surface area is 244 Å². The number of amides is 1. The molecule has 1 aliphatic heterocycles. The number of aryl methyl sites for hydroxylation is 2. The maximum absolute atomic E-state index is 13.7. The first-order valence-electron chi connectivity index (χ1n) is 14.3. The number of hydrogen-bond donors (Lipinski definition) is 0. The van der Waals surface area contributed by atoms with Crippen LogP contribution in [0.3, 0.4) is 0 Å². The van der Waals surface area contributed by atoms with Crippen LogP contribution in [-0.4, -0.2) is 38.8 Å². The second-order valence-corrected chi connectivity index (χ2v) is 10.7. The Balaban J connectivity index is 1.29. The Morgan fingerprint density at radius 3 is 2.50 bits per heavy atom. The number of hydrazone groups is 1. The highest BCUT2D eigenvalue weighted by Gasteiger charge is 2.43. The van der Waals surface area contributed by atoms with Crippen molar-refractivity contribution in [3.63, 3.8) is 0 Å². The van der Waals surface area contributed by atoms with Crippen molar-refractivity contribution in [3.8, 4) is 0 Å². The molecule has 8 heteroatoms. The number of carbonyl (C=O) groups is 2. The van der Waals surface area contributed by atoms with E-state index in [0.29, 0.717) is 17.6 Å². The molecule has 0 radical (unpaired) electrons. The summed E-state index contributed by atoms with van der Waals surface area (Å²) in [5, 5.41) is 6.67. The Morgan fingerprint density at radius 2 is 1.76 bits per heavy atom. The van der Waals surface area contributed by atoms with Crippen molar-refractivity contribution in [1.29, 1.82) is 0 Å². The number of hydrogen-bond acceptors (Lipinski definition) is 6. The summed E-state index contributed by atoms with van der Waals surface area (Å²) in [7, 11) is 0. The van der Waals surface area contributed by atoms with Gasteiger partial charge in [-0.2, -0.15) is 5.10 Å². The average molecular weight is 561 g/mol. The van der Waals surface area contributed by atoms with Crippen molar-refractivity contribution in [3.05, 3.63) is 117 Å². The Morgan fingerprint density at radius 1 is 1.02 bits per heavy atom. The fraction of sp³-hybridized carbons (Fsp3) is 0.265. The van der Waals surface area contributed by atoms with E-state index in [9.17, 15) is 14.4 Å². The fourth-order valence-electron chi connectivity index (χ4n) is 5.96. The third-order valence-corrected chi connectivity index (χ3v) is 7.99. The minimum atomic E-state index is -0.844. The van der Waals surface area contributed by atoms with Crippen LogP contribution in [0.15, 0.2) is 94.5 Å². The maximum Gasteiger partial charge on any atom is 0.344 e. The molecule has 2 aliphatic rings. The molecule has 42 heavy (non-hydrogen) atoms. The number of allylic oxidation sites excluding steroid dienone is 1. The standard InChI is InChI=1S/C34H32N4O4/c1-3-37-20-28(32(40)27-18-17-22(2)35-33(27)37)34(41)42-21-29(39)38-31(24-13-8-5-9-14-24)26-16-10-15-25(30(26)36-38)19-23-11-6-4-7-12-23/h4-9,11-14,17-20,26,31H,3,10,15-16,21H2,1-2H3/b25-19+/t26-,31+/m0/s1. The number of ether oxygens (including phenoxy) is 1. The maximum atomic E-state index is 13.7. The molecule has 4 aromatic rings. The Bertz CT molecular complexity index is 1780. The topological polar surface area (TPSA) is 93.9 Å². The van der Waals surface area contributed by atoms with Crippen LogP contribution in [0, 0.1) is 12.8 Å². The van der Waals surface area contributed by atoms with Crippen molar-refractivity contribution in [1.82, 2.24) is 14.6 Å². The van der Waals surface area contributed by atoms with Gasteiger partial charge in [0.1, 0.15) is 11.2 Å². The van der Waals surface area contributed by atoms with E-state index in [-0.39, 0.29) is 17.5 Å². The number of benzene rings is 2. The first-order valence-corrected chi connectivity index (χ1v) is 14.3. The van der Waals surface area contributed by atoms with Gasteiger partial charge >= 0.3 is 5.97 Å². The number of esters is 1. The van der Waals surface area contributed by atoms with Crippen molar-refractivity contribution < 1.29 is 14.3 Å². The van der Waals surface area contributed by atoms with Crippen LogP contribution >= 0.6 is 0 Å². The number of pyridine rings is 2. The average Bonchev–Trinajstić information content (AvgIpc) is 3.42. The smallest absolute Gasteiger partial charge is 0.344 e. The van der Waals surface area contributed by atoms with Crippen LogP contribution in [0.25, 0.3) is 17.1 Å². The van der Waals surface area contributed by atoms with Gasteiger partial charge in [-0.3, -0.25) is 9.59 Å². The van der Waals surface area contributed by atoms with Crippen LogP contribution < -0.4 is 5.43 Å². The Kier molecular flexibility index (Phi) is 7.52. The normalized spacial score (nSPS) is 19.0. The lowest BCUT2D eigenvalue weighted by Gasteiger charge is -2.29. The SMILES string of the molecule is CCn1cc(C(=O)OCC(=O)N2N=C3/C(=C/c4ccccc4)CCC[C@@H]3[C@H]2c2ccccc2)c(=O)c2ccc(C)nc21. The van der Waals surface area contributed by atoms with E-state index in [4.69, 9.17) is 9.84 Å². The monoisotopic (exact) mass is 560 g/mol. The summed E-state index contributed by atoms with van der Waals surface area (Å²) in [5.41, 5.74) is 4.77. The summed E-state index contributed by atoms with van der Waals surface area (Å²) in [6, 6.07) is 23.1. The van der Waals surface area contributed by atoms with E-state index < -0.39 is 23.9 Å². The van der Waals surface area contributed by atoms with Crippen molar-refractivity contribution in [2.24, 2.45) is 11.0 Å². The zero-order valence-corrected chi connectivity index (χ0v) is 23.7. The van der Waals surface area contributed by atoms with Gasteiger partial charge in [0.25, 0.3) is 5.91 Å². The van der Waals surface area contributed by atoms with Crippen LogP contribution in [-0.2, 0) is 16.1 Å². The van der Waals surface area contributed by atoms with Gasteiger partial charge in [0.05, 0.1) is 17.1 Å². The first-order chi connectivity index (χ1) is 20.4. The number of aromatic nitrogens is 2. The molecule has 1 amide bonds. The molecule has 2 aromatic heterocycles. The number of fused-ring (bicyclic) bond motifs is 2. The van der Waals surface area contributed by atoms with E-state index in [0.717, 1.165) is 47.4 Å². The lowest BCUT2D eigenvalue weighted by molar-refractivity contribution is -0.137. The predicted molar refractivity (Wildman–Crippen MR) is 162 cm³/mol. The molecule has 0 saturated heterocycles. The molecule has 1 aliphatic carbocycles. The highest BCUT2D eigenvalue weighted by Crippen LogP contribution is 2.44. The number of carbonyl (C=O) groups excluding carboxylic acids is 2. The van der Waals surface area contributed by atoms with Crippen LogP contribution in [0.2, 0.25) is 0 Å². The quantitative estimate of drug-likeness (QED) is 0.282. The number of rotatable bonds is 6. The third-order valence-electron chi connectivity index (χ3n) is 7.99. The molecule has 3 heterocycles. The highest BCUT2D eigenvalue weighted by molar-refractivity contribution is 6.08. The van der Waals surface area contributed by atoms with E-state index >= 15 is 0 Å². The summed E-state index contributed by atoms with van der Waals surface area (Å²) < 4.78 is 7.21. The molecule has 6 rings (SSSR count). The van der Waals surface area contributed by atoms with E-state index in [1.165, 1.54) is 11.2 Å². The Hall–Kier alpha value is -4.85. The molecule has 1 saturated carbocycles. The summed E-state index contributed by atoms with van der Waals surface area (Å²) in [6.07, 6.45) is 6.37. The zero-order valence-electron chi connectivity index (χ0n) is 23.7. The van der Waals surface area contributed by atoms with Gasteiger partial charge in [0, 0.05) is 24.4 Å². The molecule has 1 fully saturated rings. The van der Waals surface area contributed by atoms with Crippen molar-refractivity contribution in [2.75, 3.05) is 6.61 Å². The minimum absolute atomic E-state index is 0.0314. The molecule has 8 nitrogen and oxygen atoms in total. The molecule has 0 unspecified atom stereocenters. The van der Waals surface area contributed by atoms with Crippen molar-refractivity contribution in [2.45, 2.75) is 45.7 Å². The lowest BCUT2D eigenvalue weighted by atomic mass is 9.77. The predicted octanol–water partition coefficient (Wildman–Crippen LogP) is 5.70. The van der Waals surface area contributed by atoms with Gasteiger partial charge in [0.15, 0.2) is 6.61 Å². The first kappa shape index (κ1) is 27.3. The van der Waals surface area contributed by atoms with E-state index in [1.807, 2.05) is 62.4 Å². The third kappa shape index (κ3) is 5.16.